The van der Waals surface area contributed by atoms with Crippen molar-refractivity contribution < 1.29 is 17.9 Å². The number of carbonyl (C=O) groups is 1. The molecule has 150 valence electrons. The summed E-state index contributed by atoms with van der Waals surface area (Å²) in [6.45, 7) is 3.39. The van der Waals surface area contributed by atoms with Gasteiger partial charge in [0.1, 0.15) is 5.75 Å². The smallest absolute Gasteiger partial charge is 0.243 e. The molecule has 1 saturated heterocycles. The Kier molecular flexibility index (Phi) is 6.64. The van der Waals surface area contributed by atoms with Gasteiger partial charge in [-0.3, -0.25) is 9.78 Å². The van der Waals surface area contributed by atoms with Crippen LogP contribution in [0, 0.1) is 5.92 Å². The molecule has 7 nitrogen and oxygen atoms in total. The van der Waals surface area contributed by atoms with E-state index in [-0.39, 0.29) is 23.3 Å². The molecule has 0 bridgehead atoms. The molecule has 1 aromatic carbocycles. The van der Waals surface area contributed by atoms with Crippen LogP contribution in [-0.4, -0.2) is 43.3 Å². The third-order valence-electron chi connectivity index (χ3n) is 4.72. The highest BCUT2D eigenvalue weighted by Gasteiger charge is 2.33. The van der Waals surface area contributed by atoms with Crippen molar-refractivity contribution in [2.24, 2.45) is 5.92 Å². The zero-order valence-electron chi connectivity index (χ0n) is 15.9. The minimum absolute atomic E-state index is 0.129. The minimum atomic E-state index is -3.64. The summed E-state index contributed by atoms with van der Waals surface area (Å²) in [6, 6.07) is 10.1. The Bertz CT molecular complexity index is 885. The average Bonchev–Trinajstić information content (AvgIpc) is 2.73. The van der Waals surface area contributed by atoms with Gasteiger partial charge in [0, 0.05) is 32.0 Å². The van der Waals surface area contributed by atoms with Crippen LogP contribution in [0.25, 0.3) is 0 Å². The number of benzene rings is 1. The van der Waals surface area contributed by atoms with Gasteiger partial charge in [0.25, 0.3) is 0 Å². The van der Waals surface area contributed by atoms with Crippen molar-refractivity contribution in [1.29, 1.82) is 0 Å². The predicted molar refractivity (Wildman–Crippen MR) is 105 cm³/mol. The molecule has 1 amide bonds. The van der Waals surface area contributed by atoms with Crippen molar-refractivity contribution in [3.05, 3.63) is 54.4 Å². The van der Waals surface area contributed by atoms with Gasteiger partial charge in [-0.1, -0.05) is 6.07 Å². The van der Waals surface area contributed by atoms with E-state index >= 15 is 0 Å². The van der Waals surface area contributed by atoms with E-state index in [0.29, 0.717) is 38.3 Å². The molecule has 1 fully saturated rings. The molecule has 0 aliphatic carbocycles. The Morgan fingerprint density at radius 2 is 2.07 bits per heavy atom. The molecule has 28 heavy (non-hydrogen) atoms. The summed E-state index contributed by atoms with van der Waals surface area (Å²) >= 11 is 0. The number of amides is 1. The Hall–Kier alpha value is -2.45. The molecule has 1 aromatic heterocycles. The van der Waals surface area contributed by atoms with Crippen LogP contribution in [0.3, 0.4) is 0 Å². The summed E-state index contributed by atoms with van der Waals surface area (Å²) < 4.78 is 32.7. The summed E-state index contributed by atoms with van der Waals surface area (Å²) in [6.07, 6.45) is 4.70. The number of pyridine rings is 1. The van der Waals surface area contributed by atoms with Crippen LogP contribution in [0.2, 0.25) is 0 Å². The number of carbonyl (C=O) groups excluding carboxylic acids is 1. The monoisotopic (exact) mass is 403 g/mol. The van der Waals surface area contributed by atoms with Crippen molar-refractivity contribution in [3.63, 3.8) is 0 Å². The summed E-state index contributed by atoms with van der Waals surface area (Å²) in [4.78, 5) is 16.8. The first-order chi connectivity index (χ1) is 13.5. The SMILES string of the molecule is CCOc1ccc(S(=O)(=O)N2CCC[C@H](C(=O)NCc3cccnc3)C2)cc1. The largest absolute Gasteiger partial charge is 0.494 e. The third kappa shape index (κ3) is 4.88. The highest BCUT2D eigenvalue weighted by atomic mass is 32.2. The van der Waals surface area contributed by atoms with E-state index in [1.807, 2.05) is 19.1 Å². The number of hydrogen-bond acceptors (Lipinski definition) is 5. The molecule has 2 aromatic rings. The number of ether oxygens (including phenoxy) is 1. The fourth-order valence-electron chi connectivity index (χ4n) is 3.23. The number of hydrogen-bond donors (Lipinski definition) is 1. The lowest BCUT2D eigenvalue weighted by atomic mass is 9.99. The van der Waals surface area contributed by atoms with E-state index in [2.05, 4.69) is 10.3 Å². The maximum Gasteiger partial charge on any atom is 0.243 e. The molecule has 0 unspecified atom stereocenters. The second-order valence-corrected chi connectivity index (χ2v) is 8.62. The minimum Gasteiger partial charge on any atom is -0.494 e. The van der Waals surface area contributed by atoms with Crippen molar-refractivity contribution in [3.8, 4) is 5.75 Å². The summed E-state index contributed by atoms with van der Waals surface area (Å²) in [5.41, 5.74) is 0.908. The average molecular weight is 404 g/mol. The van der Waals surface area contributed by atoms with E-state index in [9.17, 15) is 13.2 Å². The number of sulfonamides is 1. The second-order valence-electron chi connectivity index (χ2n) is 6.69. The van der Waals surface area contributed by atoms with Crippen molar-refractivity contribution >= 4 is 15.9 Å². The lowest BCUT2D eigenvalue weighted by Gasteiger charge is -2.31. The summed E-state index contributed by atoms with van der Waals surface area (Å²) in [5.74, 6) is 0.145. The summed E-state index contributed by atoms with van der Waals surface area (Å²) in [5, 5.41) is 2.88. The van der Waals surface area contributed by atoms with E-state index in [1.54, 1.807) is 36.7 Å². The number of nitrogens with zero attached hydrogens (tertiary/aromatic N) is 2. The van der Waals surface area contributed by atoms with Gasteiger partial charge in [0.15, 0.2) is 0 Å². The van der Waals surface area contributed by atoms with Crippen molar-refractivity contribution in [2.45, 2.75) is 31.2 Å². The third-order valence-corrected chi connectivity index (χ3v) is 6.60. The zero-order valence-corrected chi connectivity index (χ0v) is 16.7. The molecule has 1 aliphatic heterocycles. The first-order valence-electron chi connectivity index (χ1n) is 9.40. The Morgan fingerprint density at radius 1 is 1.29 bits per heavy atom. The Morgan fingerprint density at radius 3 is 2.75 bits per heavy atom. The molecule has 2 heterocycles. The van der Waals surface area contributed by atoms with Gasteiger partial charge in [0.2, 0.25) is 15.9 Å². The first-order valence-corrected chi connectivity index (χ1v) is 10.8. The molecular formula is C20H25N3O4S. The van der Waals surface area contributed by atoms with Gasteiger partial charge < -0.3 is 10.1 Å². The number of aromatic nitrogens is 1. The highest BCUT2D eigenvalue weighted by molar-refractivity contribution is 7.89. The topological polar surface area (TPSA) is 88.6 Å². The van der Waals surface area contributed by atoms with Crippen LogP contribution >= 0.6 is 0 Å². The van der Waals surface area contributed by atoms with Crippen LogP contribution < -0.4 is 10.1 Å². The molecule has 3 rings (SSSR count). The van der Waals surface area contributed by atoms with Crippen molar-refractivity contribution in [2.75, 3.05) is 19.7 Å². The Balaban J connectivity index is 1.63. The van der Waals surface area contributed by atoms with Gasteiger partial charge in [-0.2, -0.15) is 4.31 Å². The number of piperidine rings is 1. The van der Waals surface area contributed by atoms with Crippen LogP contribution in [0.4, 0.5) is 0 Å². The van der Waals surface area contributed by atoms with Crippen LogP contribution in [0.15, 0.2) is 53.7 Å². The quantitative estimate of drug-likeness (QED) is 0.766. The normalized spacial score (nSPS) is 17.8. The van der Waals surface area contributed by atoms with Gasteiger partial charge in [-0.05, 0) is 55.7 Å². The fourth-order valence-corrected chi connectivity index (χ4v) is 4.76. The number of rotatable bonds is 7. The fraction of sp³-hybridized carbons (Fsp3) is 0.400. The molecular weight excluding hydrogens is 378 g/mol. The van der Waals surface area contributed by atoms with E-state index in [4.69, 9.17) is 4.74 Å². The van der Waals surface area contributed by atoms with Gasteiger partial charge in [0.05, 0.1) is 17.4 Å². The van der Waals surface area contributed by atoms with Gasteiger partial charge >= 0.3 is 0 Å². The lowest BCUT2D eigenvalue weighted by molar-refractivity contribution is -0.126. The van der Waals surface area contributed by atoms with Crippen molar-refractivity contribution in [1.82, 2.24) is 14.6 Å². The molecule has 1 N–H and O–H groups in total. The van der Waals surface area contributed by atoms with Gasteiger partial charge in [-0.15, -0.1) is 0 Å². The van der Waals surface area contributed by atoms with E-state index in [1.165, 1.54) is 4.31 Å². The summed E-state index contributed by atoms with van der Waals surface area (Å²) in [7, 11) is -3.64. The van der Waals surface area contributed by atoms with Crippen LogP contribution in [-0.2, 0) is 21.4 Å². The maximum atomic E-state index is 12.9. The molecule has 0 radical (unpaired) electrons. The second kappa shape index (κ2) is 9.16. The first kappa shape index (κ1) is 20.3. The highest BCUT2D eigenvalue weighted by Crippen LogP contribution is 2.25. The number of nitrogens with one attached hydrogen (secondary N) is 1. The molecule has 1 aliphatic rings. The molecule has 8 heteroatoms. The Labute approximate surface area is 165 Å². The van der Waals surface area contributed by atoms with E-state index < -0.39 is 10.0 Å². The molecule has 0 saturated carbocycles. The molecule has 1 atom stereocenters. The lowest BCUT2D eigenvalue weighted by Crippen LogP contribution is -2.45. The predicted octanol–water partition coefficient (Wildman–Crippen LogP) is 2.20. The maximum absolute atomic E-state index is 12.9. The van der Waals surface area contributed by atoms with Gasteiger partial charge in [-0.25, -0.2) is 8.42 Å². The van der Waals surface area contributed by atoms with Crippen LogP contribution in [0.1, 0.15) is 25.3 Å². The van der Waals surface area contributed by atoms with E-state index in [0.717, 1.165) is 5.56 Å². The zero-order chi connectivity index (χ0) is 20.0. The van der Waals surface area contributed by atoms with Crippen LogP contribution in [0.5, 0.6) is 5.75 Å². The molecule has 0 spiro atoms. The standard InChI is InChI=1S/C20H25N3O4S/c1-2-27-18-7-9-19(10-8-18)28(25,26)23-12-4-6-17(15-23)20(24)22-14-16-5-3-11-21-13-16/h3,5,7-11,13,17H,2,4,6,12,14-15H2,1H3,(H,22,24)/t17-/m0/s1.